The Labute approximate surface area is 217 Å². The van der Waals surface area contributed by atoms with Crippen LogP contribution in [0.3, 0.4) is 0 Å². The highest BCUT2D eigenvalue weighted by Crippen LogP contribution is 2.01. The molecule has 0 atom stereocenters. The predicted octanol–water partition coefficient (Wildman–Crippen LogP) is -1.29. The van der Waals surface area contributed by atoms with Crippen molar-refractivity contribution < 1.29 is 14.4 Å². The van der Waals surface area contributed by atoms with Gasteiger partial charge in [0, 0.05) is 9.59 Å². The Hall–Kier alpha value is -3.86. The molecule has 0 fully saturated rings. The van der Waals surface area contributed by atoms with Crippen LogP contribution in [0.25, 0.3) is 0 Å². The number of aromatic nitrogens is 18. The zero-order valence-electron chi connectivity index (χ0n) is 24.4. The van der Waals surface area contributed by atoms with E-state index in [9.17, 15) is 0 Å². The van der Waals surface area contributed by atoms with E-state index in [-0.39, 0.29) is 0 Å². The third-order valence-electron chi connectivity index (χ3n) is 4.63. The molecule has 37 heavy (non-hydrogen) atoms. The fourth-order valence-electron chi connectivity index (χ4n) is 2.67. The van der Waals surface area contributed by atoms with E-state index in [0.717, 1.165) is 11.6 Å². The van der Waals surface area contributed by atoms with Crippen molar-refractivity contribution in [2.75, 3.05) is 0 Å². The zero-order valence-corrected chi connectivity index (χ0v) is 24.4. The number of hydrogen-bond donors (Lipinski definition) is 0. The van der Waals surface area contributed by atoms with E-state index in [1.165, 1.54) is 0 Å². The molecule has 0 aromatic carbocycles. The summed E-state index contributed by atoms with van der Waals surface area (Å²) >= 11 is 0. The second-order valence-electron chi connectivity index (χ2n) is 9.26. The number of aryl methyl sites for hydroxylation is 4. The average Bonchev–Trinajstić information content (AvgIpc) is 3.59. The summed E-state index contributed by atoms with van der Waals surface area (Å²) in [5.41, 5.74) is 0. The van der Waals surface area contributed by atoms with Gasteiger partial charge < -0.3 is 0 Å². The molecule has 4 aromatic heterocycles. The summed E-state index contributed by atoms with van der Waals surface area (Å²) in [6.45, 7) is 20.0. The first kappa shape index (κ1) is 31.2. The molecule has 4 rings (SSSR count). The van der Waals surface area contributed by atoms with Crippen LogP contribution in [0.2, 0.25) is 0 Å². The Bertz CT molecular complexity index is 1120. The van der Waals surface area contributed by atoms with Gasteiger partial charge in [-0.05, 0) is 89.7 Å². The number of tetrazole rings is 2. The van der Waals surface area contributed by atoms with Gasteiger partial charge in [-0.15, -0.1) is 15.3 Å². The van der Waals surface area contributed by atoms with Gasteiger partial charge in [0.25, 0.3) is 5.21 Å². The van der Waals surface area contributed by atoms with Crippen molar-refractivity contribution in [1.82, 2.24) is 76.1 Å². The number of hydrogen-bond acceptors (Lipinski definition) is 11. The second-order valence-corrected chi connectivity index (χ2v) is 9.26. The zero-order chi connectivity index (χ0) is 28.3. The lowest BCUT2D eigenvalue weighted by Gasteiger charge is -2.02. The van der Waals surface area contributed by atoms with E-state index in [2.05, 4.69) is 70.9 Å². The Morgan fingerprint density at radius 1 is 0.676 bits per heavy atom. The highest BCUT2D eigenvalue weighted by Gasteiger charge is 2.21. The Morgan fingerprint density at radius 2 is 1.32 bits per heavy atom. The minimum atomic E-state index is 0.311. The molecule has 0 aliphatic rings. The van der Waals surface area contributed by atoms with Gasteiger partial charge in [0.05, 0.1) is 18.1 Å². The minimum Gasteiger partial charge on any atom is -0.227 e. The van der Waals surface area contributed by atoms with Gasteiger partial charge in [-0.1, -0.05) is 4.80 Å². The first-order valence-electron chi connectivity index (χ1n) is 12.1. The molecule has 0 aliphatic heterocycles. The van der Waals surface area contributed by atoms with Crippen molar-refractivity contribution in [2.24, 2.45) is 21.1 Å². The van der Waals surface area contributed by atoms with E-state index in [1.807, 2.05) is 74.3 Å². The topological polar surface area (TPSA) is 173 Å². The monoisotopic (exact) mass is 523 g/mol. The van der Waals surface area contributed by atoms with E-state index < -0.39 is 0 Å². The van der Waals surface area contributed by atoms with Crippen LogP contribution in [0.4, 0.5) is 0 Å². The van der Waals surface area contributed by atoms with Crippen molar-refractivity contribution in [3.8, 4) is 0 Å². The highest BCUT2D eigenvalue weighted by molar-refractivity contribution is 4.75. The van der Waals surface area contributed by atoms with Crippen LogP contribution >= 0.6 is 0 Å². The molecular weight excluding hydrogens is 480 g/mol. The molecule has 4 aromatic rings. The SMILES string of the molecule is CC(C)[n+]1nn[n+](C)n1C.CC(C)n1nnn[n+]1C.Cc1nnn(C(C)C)n1.Cc1nnnn1C(C)C. The van der Waals surface area contributed by atoms with Crippen molar-refractivity contribution in [1.29, 1.82) is 0 Å². The quantitative estimate of drug-likeness (QED) is 0.291. The second kappa shape index (κ2) is 14.6. The molecule has 4 heterocycles. The molecule has 206 valence electrons. The summed E-state index contributed by atoms with van der Waals surface area (Å²) in [7, 11) is 5.58. The lowest BCUT2D eigenvalue weighted by Crippen LogP contribution is -2.55. The van der Waals surface area contributed by atoms with Crippen LogP contribution in [-0.2, 0) is 21.1 Å². The summed E-state index contributed by atoms with van der Waals surface area (Å²) < 4.78 is 1.78. The molecule has 0 saturated heterocycles. The van der Waals surface area contributed by atoms with Gasteiger partial charge in [-0.3, -0.25) is 0 Å². The molecule has 18 nitrogen and oxygen atoms in total. The Kier molecular flexibility index (Phi) is 12.3. The van der Waals surface area contributed by atoms with Crippen LogP contribution in [0.15, 0.2) is 0 Å². The molecule has 0 bridgehead atoms. The average molecular weight is 524 g/mol. The van der Waals surface area contributed by atoms with Crippen molar-refractivity contribution in [2.45, 2.75) is 93.4 Å². The summed E-state index contributed by atoms with van der Waals surface area (Å²) in [6, 6.07) is 1.36. The fourth-order valence-corrected chi connectivity index (χ4v) is 2.67. The fraction of sp³-hybridized carbons (Fsp3) is 0.895. The van der Waals surface area contributed by atoms with Gasteiger partial charge in [0.2, 0.25) is 10.4 Å². The molecule has 0 N–H and O–H groups in total. The van der Waals surface area contributed by atoms with E-state index in [1.54, 1.807) is 35.7 Å². The summed E-state index contributed by atoms with van der Waals surface area (Å²) in [4.78, 5) is 10.2. The minimum absolute atomic E-state index is 0.311. The standard InChI is InChI=1S/C5H13N5.2C5H10N4.C4H10N5/c1-5(2)10-7-6-8(3)9(10)4;1-4(2)9-5(3)6-7-8-9;1-4(2)9-7-5(3)6-8-9;1-4(2)9-7-5-6-8(9)3/h5H,1-4H3;3*4H,1-3H3/q+2;;;+1. The van der Waals surface area contributed by atoms with E-state index in [4.69, 9.17) is 0 Å². The molecule has 0 unspecified atom stereocenters. The molecule has 0 aliphatic carbocycles. The first-order valence-corrected chi connectivity index (χ1v) is 12.1. The third-order valence-corrected chi connectivity index (χ3v) is 4.63. The normalized spacial score (nSPS) is 10.7. The van der Waals surface area contributed by atoms with E-state index in [0.29, 0.717) is 24.2 Å². The van der Waals surface area contributed by atoms with Gasteiger partial charge in [0.1, 0.15) is 29.9 Å². The van der Waals surface area contributed by atoms with Crippen LogP contribution in [0.5, 0.6) is 0 Å². The lowest BCUT2D eigenvalue weighted by atomic mass is 10.4. The van der Waals surface area contributed by atoms with Crippen molar-refractivity contribution >= 4 is 0 Å². The van der Waals surface area contributed by atoms with Gasteiger partial charge in [-0.25, -0.2) is 4.68 Å². The molecule has 18 heteroatoms. The molecular formula is C19H43N18+3. The van der Waals surface area contributed by atoms with Crippen molar-refractivity contribution in [3.63, 3.8) is 0 Å². The molecule has 0 saturated carbocycles. The predicted molar refractivity (Wildman–Crippen MR) is 128 cm³/mol. The number of nitrogens with zero attached hydrogens (tertiary/aromatic N) is 18. The number of rotatable bonds is 4. The smallest absolute Gasteiger partial charge is 0.227 e. The maximum atomic E-state index is 4.00. The van der Waals surface area contributed by atoms with E-state index >= 15 is 0 Å². The van der Waals surface area contributed by atoms with Crippen molar-refractivity contribution in [3.05, 3.63) is 11.6 Å². The Morgan fingerprint density at radius 3 is 1.54 bits per heavy atom. The third kappa shape index (κ3) is 9.96. The first-order chi connectivity index (χ1) is 17.3. The van der Waals surface area contributed by atoms with Crippen LogP contribution < -0.4 is 14.4 Å². The van der Waals surface area contributed by atoms with Gasteiger partial charge in [0.15, 0.2) is 18.9 Å². The molecule has 0 spiro atoms. The van der Waals surface area contributed by atoms with Crippen LogP contribution in [0.1, 0.15) is 91.2 Å². The highest BCUT2D eigenvalue weighted by atomic mass is 15.8. The van der Waals surface area contributed by atoms with Crippen LogP contribution in [0, 0.1) is 13.8 Å². The summed E-state index contributed by atoms with van der Waals surface area (Å²) in [6.07, 6.45) is 0. The Balaban J connectivity index is 0.000000247. The molecule has 0 amide bonds. The van der Waals surface area contributed by atoms with Gasteiger partial charge >= 0.3 is 5.21 Å². The van der Waals surface area contributed by atoms with Crippen LogP contribution in [-0.4, -0.2) is 76.1 Å². The summed E-state index contributed by atoms with van der Waals surface area (Å²) in [5.74, 6) is 1.59. The van der Waals surface area contributed by atoms with Gasteiger partial charge in [-0.2, -0.15) is 4.80 Å². The molecule has 0 radical (unpaired) electrons. The summed E-state index contributed by atoms with van der Waals surface area (Å²) in [5, 5.41) is 41.1. The largest absolute Gasteiger partial charge is 0.398 e. The maximum Gasteiger partial charge on any atom is 0.398 e. The lowest BCUT2D eigenvalue weighted by molar-refractivity contribution is -0.952. The maximum absolute atomic E-state index is 4.00.